The molecule has 0 amide bonds. The molecule has 102 valence electrons. The van der Waals surface area contributed by atoms with Crippen LogP contribution in [-0.4, -0.2) is 59.8 Å². The molecule has 6 heteroatoms. The fourth-order valence-electron chi connectivity index (χ4n) is 1.80. The van der Waals surface area contributed by atoms with Crippen molar-refractivity contribution in [2.24, 2.45) is 0 Å². The van der Waals surface area contributed by atoms with Gasteiger partial charge in [0.05, 0.1) is 5.60 Å². The van der Waals surface area contributed by atoms with Gasteiger partial charge in [-0.15, -0.1) is 0 Å². The molecule has 0 aliphatic rings. The van der Waals surface area contributed by atoms with E-state index in [1.807, 2.05) is 39.0 Å². The van der Waals surface area contributed by atoms with Crippen LogP contribution in [0.3, 0.4) is 0 Å². The second kappa shape index (κ2) is 5.97. The van der Waals surface area contributed by atoms with E-state index in [2.05, 4.69) is 20.6 Å². The number of anilines is 2. The Kier molecular flexibility index (Phi) is 4.86. The normalized spacial score (nSPS) is 14.4. The topological polar surface area (TPSA) is 73.3 Å². The molecule has 0 spiro atoms. The first-order valence-corrected chi connectivity index (χ1v) is 5.97. The number of aliphatic hydroxyl groups is 1. The van der Waals surface area contributed by atoms with E-state index in [9.17, 15) is 5.11 Å². The molecule has 3 N–H and O–H groups in total. The Labute approximate surface area is 108 Å². The van der Waals surface area contributed by atoms with E-state index in [1.165, 1.54) is 0 Å². The first-order chi connectivity index (χ1) is 8.32. The predicted octanol–water partition coefficient (Wildman–Crippen LogP) is 0.551. The lowest BCUT2D eigenvalue weighted by Crippen LogP contribution is -2.43. The van der Waals surface area contributed by atoms with Gasteiger partial charge in [0.2, 0.25) is 0 Å². The highest BCUT2D eigenvalue weighted by Crippen LogP contribution is 2.12. The van der Waals surface area contributed by atoms with Crippen LogP contribution in [0.2, 0.25) is 0 Å². The highest BCUT2D eigenvalue weighted by Gasteiger charge is 2.21. The average Bonchev–Trinajstić information content (AvgIpc) is 2.24. The minimum atomic E-state index is -0.803. The Hall–Kier alpha value is -1.40. The summed E-state index contributed by atoms with van der Waals surface area (Å²) in [6.07, 6.45) is 0. The second-order valence-corrected chi connectivity index (χ2v) is 5.02. The fraction of sp³-hybridized carbons (Fsp3) is 0.667. The number of aryl methyl sites for hydroxylation is 1. The smallest absolute Gasteiger partial charge is 0.131 e. The van der Waals surface area contributed by atoms with E-state index < -0.39 is 5.60 Å². The number of rotatable bonds is 6. The standard InChI is InChI=1S/C12H23N5O/c1-9-15-10(13-3)6-11(16-9)14-7-12(2,18)8-17(4)5/h6,18H,7-8H2,1-5H3,(H2,13,14,15,16). The Bertz CT molecular complexity index is 392. The third-order valence-electron chi connectivity index (χ3n) is 2.40. The summed E-state index contributed by atoms with van der Waals surface area (Å²) < 4.78 is 0. The van der Waals surface area contributed by atoms with Crippen LogP contribution in [0.25, 0.3) is 0 Å². The molecule has 0 aliphatic heterocycles. The van der Waals surface area contributed by atoms with E-state index >= 15 is 0 Å². The van der Waals surface area contributed by atoms with E-state index in [0.717, 1.165) is 5.82 Å². The van der Waals surface area contributed by atoms with Crippen LogP contribution in [0.15, 0.2) is 6.07 Å². The van der Waals surface area contributed by atoms with Crippen molar-refractivity contribution in [2.75, 3.05) is 44.9 Å². The molecule has 0 aliphatic carbocycles. The SMILES string of the molecule is CNc1cc(NCC(C)(O)CN(C)C)nc(C)n1. The van der Waals surface area contributed by atoms with Crippen LogP contribution < -0.4 is 10.6 Å². The van der Waals surface area contributed by atoms with E-state index in [1.54, 1.807) is 6.92 Å². The van der Waals surface area contributed by atoms with E-state index in [0.29, 0.717) is 24.7 Å². The molecule has 0 bridgehead atoms. The number of nitrogens with one attached hydrogen (secondary N) is 2. The van der Waals surface area contributed by atoms with Gasteiger partial charge in [0.1, 0.15) is 17.5 Å². The Morgan fingerprint density at radius 2 is 1.94 bits per heavy atom. The van der Waals surface area contributed by atoms with Crippen molar-refractivity contribution in [3.63, 3.8) is 0 Å². The third kappa shape index (κ3) is 4.85. The van der Waals surface area contributed by atoms with Gasteiger partial charge in [-0.3, -0.25) is 0 Å². The van der Waals surface area contributed by atoms with Crippen LogP contribution in [0.4, 0.5) is 11.6 Å². The van der Waals surface area contributed by atoms with Gasteiger partial charge < -0.3 is 20.6 Å². The van der Waals surface area contributed by atoms with Crippen molar-refractivity contribution in [1.29, 1.82) is 0 Å². The Balaban J connectivity index is 2.65. The molecule has 1 unspecified atom stereocenters. The highest BCUT2D eigenvalue weighted by molar-refractivity contribution is 5.47. The molecule has 0 radical (unpaired) electrons. The molecule has 1 rings (SSSR count). The van der Waals surface area contributed by atoms with Crippen LogP contribution >= 0.6 is 0 Å². The molecular formula is C12H23N5O. The number of hydrogen-bond donors (Lipinski definition) is 3. The monoisotopic (exact) mass is 253 g/mol. The maximum Gasteiger partial charge on any atom is 0.131 e. The minimum Gasteiger partial charge on any atom is -0.387 e. The highest BCUT2D eigenvalue weighted by atomic mass is 16.3. The lowest BCUT2D eigenvalue weighted by molar-refractivity contribution is 0.0459. The van der Waals surface area contributed by atoms with Gasteiger partial charge in [-0.1, -0.05) is 0 Å². The van der Waals surface area contributed by atoms with Crippen molar-refractivity contribution in [3.8, 4) is 0 Å². The minimum absolute atomic E-state index is 0.435. The first-order valence-electron chi connectivity index (χ1n) is 5.97. The lowest BCUT2D eigenvalue weighted by atomic mass is 10.1. The van der Waals surface area contributed by atoms with Gasteiger partial charge in [0, 0.05) is 26.2 Å². The van der Waals surface area contributed by atoms with Crippen molar-refractivity contribution in [1.82, 2.24) is 14.9 Å². The number of aromatic nitrogens is 2. The molecule has 6 nitrogen and oxygen atoms in total. The van der Waals surface area contributed by atoms with Crippen LogP contribution in [-0.2, 0) is 0 Å². The van der Waals surface area contributed by atoms with Crippen LogP contribution in [0, 0.1) is 6.92 Å². The van der Waals surface area contributed by atoms with Crippen molar-refractivity contribution >= 4 is 11.6 Å². The quantitative estimate of drug-likeness (QED) is 0.687. The lowest BCUT2D eigenvalue weighted by Gasteiger charge is -2.27. The summed E-state index contributed by atoms with van der Waals surface area (Å²) in [4.78, 5) is 10.4. The van der Waals surface area contributed by atoms with Crippen molar-refractivity contribution in [3.05, 3.63) is 11.9 Å². The molecule has 0 saturated heterocycles. The van der Waals surface area contributed by atoms with Crippen LogP contribution in [0.5, 0.6) is 0 Å². The second-order valence-electron chi connectivity index (χ2n) is 5.02. The fourth-order valence-corrected chi connectivity index (χ4v) is 1.80. The van der Waals surface area contributed by atoms with Gasteiger partial charge >= 0.3 is 0 Å². The predicted molar refractivity (Wildman–Crippen MR) is 74.0 cm³/mol. The molecule has 1 aromatic rings. The molecule has 18 heavy (non-hydrogen) atoms. The average molecular weight is 253 g/mol. The Morgan fingerprint density at radius 1 is 1.33 bits per heavy atom. The van der Waals surface area contributed by atoms with Gasteiger partial charge in [0.25, 0.3) is 0 Å². The zero-order chi connectivity index (χ0) is 13.8. The van der Waals surface area contributed by atoms with Crippen molar-refractivity contribution in [2.45, 2.75) is 19.4 Å². The zero-order valence-corrected chi connectivity index (χ0v) is 11.8. The first kappa shape index (κ1) is 14.7. The van der Waals surface area contributed by atoms with E-state index in [4.69, 9.17) is 0 Å². The van der Waals surface area contributed by atoms with Crippen LogP contribution in [0.1, 0.15) is 12.7 Å². The zero-order valence-electron chi connectivity index (χ0n) is 11.8. The maximum atomic E-state index is 10.2. The summed E-state index contributed by atoms with van der Waals surface area (Å²) in [6.45, 7) is 4.66. The summed E-state index contributed by atoms with van der Waals surface area (Å²) in [7, 11) is 5.68. The molecule has 0 saturated carbocycles. The van der Waals surface area contributed by atoms with Gasteiger partial charge in [-0.2, -0.15) is 0 Å². The van der Waals surface area contributed by atoms with Crippen molar-refractivity contribution < 1.29 is 5.11 Å². The van der Waals surface area contributed by atoms with Gasteiger partial charge in [-0.25, -0.2) is 9.97 Å². The summed E-state index contributed by atoms with van der Waals surface area (Å²) in [5, 5.41) is 16.3. The number of nitrogens with zero attached hydrogens (tertiary/aromatic N) is 3. The molecule has 1 aromatic heterocycles. The molecule has 1 atom stereocenters. The largest absolute Gasteiger partial charge is 0.387 e. The van der Waals surface area contributed by atoms with E-state index in [-0.39, 0.29) is 0 Å². The summed E-state index contributed by atoms with van der Waals surface area (Å²) in [5.74, 6) is 2.17. The summed E-state index contributed by atoms with van der Waals surface area (Å²) in [6, 6.07) is 1.82. The molecule has 0 fully saturated rings. The summed E-state index contributed by atoms with van der Waals surface area (Å²) >= 11 is 0. The van der Waals surface area contributed by atoms with Gasteiger partial charge in [0.15, 0.2) is 0 Å². The number of hydrogen-bond acceptors (Lipinski definition) is 6. The Morgan fingerprint density at radius 3 is 2.50 bits per heavy atom. The third-order valence-corrected chi connectivity index (χ3v) is 2.40. The molecule has 0 aromatic carbocycles. The summed E-state index contributed by atoms with van der Waals surface area (Å²) in [5.41, 5.74) is -0.803. The number of likely N-dealkylation sites (N-methyl/N-ethyl adjacent to an activating group) is 1. The molecule has 1 heterocycles. The van der Waals surface area contributed by atoms with Gasteiger partial charge in [-0.05, 0) is 27.9 Å². The molecular weight excluding hydrogens is 230 g/mol. The maximum absolute atomic E-state index is 10.2.